The first-order valence-corrected chi connectivity index (χ1v) is 7.23. The van der Waals surface area contributed by atoms with E-state index >= 15 is 0 Å². The van der Waals surface area contributed by atoms with E-state index in [-0.39, 0.29) is 0 Å². The number of rotatable bonds is 9. The highest BCUT2D eigenvalue weighted by Crippen LogP contribution is 2.16. The Labute approximate surface area is 102 Å². The van der Waals surface area contributed by atoms with Crippen LogP contribution >= 0.6 is 0 Å². The quantitative estimate of drug-likeness (QED) is 0.591. The first kappa shape index (κ1) is 14.0. The minimum atomic E-state index is 0.822. The molecular weight excluding hydrogens is 196 g/mol. The summed E-state index contributed by atoms with van der Waals surface area (Å²) in [7, 11) is 0. The van der Waals surface area contributed by atoms with Gasteiger partial charge < -0.3 is 10.6 Å². The molecular formula is C14H30N2. The third-order valence-corrected chi connectivity index (χ3v) is 3.47. The molecule has 1 aliphatic carbocycles. The molecule has 0 bridgehead atoms. The van der Waals surface area contributed by atoms with Gasteiger partial charge in [-0.05, 0) is 31.7 Å². The van der Waals surface area contributed by atoms with Gasteiger partial charge in [0.1, 0.15) is 0 Å². The Morgan fingerprint density at radius 3 is 2.44 bits per heavy atom. The fraction of sp³-hybridized carbons (Fsp3) is 1.00. The lowest BCUT2D eigenvalue weighted by Crippen LogP contribution is -2.33. The predicted octanol–water partition coefficient (Wildman–Crippen LogP) is 2.93. The van der Waals surface area contributed by atoms with Crippen LogP contribution in [-0.2, 0) is 0 Å². The van der Waals surface area contributed by atoms with Crippen LogP contribution in [0, 0.1) is 5.92 Å². The Bertz CT molecular complexity index is 151. The SMILES string of the molecule is CC(C)CCCCNCCNC1CCCC1. The fourth-order valence-corrected chi connectivity index (χ4v) is 2.42. The van der Waals surface area contributed by atoms with Crippen LogP contribution in [0.2, 0.25) is 0 Å². The van der Waals surface area contributed by atoms with Gasteiger partial charge >= 0.3 is 0 Å². The second kappa shape index (κ2) is 9.00. The second-order valence-electron chi connectivity index (χ2n) is 5.58. The summed E-state index contributed by atoms with van der Waals surface area (Å²) < 4.78 is 0. The monoisotopic (exact) mass is 226 g/mol. The summed E-state index contributed by atoms with van der Waals surface area (Å²) >= 11 is 0. The van der Waals surface area contributed by atoms with Crippen LogP contribution in [0.3, 0.4) is 0 Å². The van der Waals surface area contributed by atoms with Gasteiger partial charge in [-0.15, -0.1) is 0 Å². The molecule has 1 fully saturated rings. The van der Waals surface area contributed by atoms with Gasteiger partial charge in [0.05, 0.1) is 0 Å². The highest BCUT2D eigenvalue weighted by molar-refractivity contribution is 4.73. The molecule has 0 spiro atoms. The number of hydrogen-bond acceptors (Lipinski definition) is 2. The molecule has 0 aromatic rings. The van der Waals surface area contributed by atoms with E-state index in [0.29, 0.717) is 0 Å². The normalized spacial score (nSPS) is 17.4. The van der Waals surface area contributed by atoms with Gasteiger partial charge in [-0.2, -0.15) is 0 Å². The van der Waals surface area contributed by atoms with Gasteiger partial charge in [0.25, 0.3) is 0 Å². The molecule has 0 aromatic heterocycles. The lowest BCUT2D eigenvalue weighted by molar-refractivity contribution is 0.492. The number of hydrogen-bond donors (Lipinski definition) is 2. The van der Waals surface area contributed by atoms with Crippen LogP contribution in [0.5, 0.6) is 0 Å². The third kappa shape index (κ3) is 7.24. The van der Waals surface area contributed by atoms with Crippen molar-refractivity contribution in [1.82, 2.24) is 10.6 Å². The Balaban J connectivity index is 1.74. The first-order valence-electron chi connectivity index (χ1n) is 7.23. The summed E-state index contributed by atoms with van der Waals surface area (Å²) in [5.74, 6) is 0.865. The Kier molecular flexibility index (Phi) is 7.87. The topological polar surface area (TPSA) is 24.1 Å². The van der Waals surface area contributed by atoms with E-state index in [1.165, 1.54) is 51.5 Å². The van der Waals surface area contributed by atoms with Gasteiger partial charge in [0.2, 0.25) is 0 Å². The molecule has 0 radical (unpaired) electrons. The molecule has 2 N–H and O–H groups in total. The van der Waals surface area contributed by atoms with E-state index in [9.17, 15) is 0 Å². The van der Waals surface area contributed by atoms with E-state index in [0.717, 1.165) is 25.0 Å². The minimum Gasteiger partial charge on any atom is -0.315 e. The van der Waals surface area contributed by atoms with Crippen LogP contribution in [-0.4, -0.2) is 25.7 Å². The van der Waals surface area contributed by atoms with Crippen LogP contribution in [0.1, 0.15) is 58.8 Å². The van der Waals surface area contributed by atoms with Crippen molar-refractivity contribution >= 4 is 0 Å². The molecule has 0 heterocycles. The van der Waals surface area contributed by atoms with Gasteiger partial charge in [0, 0.05) is 19.1 Å². The van der Waals surface area contributed by atoms with Crippen molar-refractivity contribution in [3.8, 4) is 0 Å². The molecule has 0 aromatic carbocycles. The van der Waals surface area contributed by atoms with Gasteiger partial charge in [-0.25, -0.2) is 0 Å². The number of nitrogens with one attached hydrogen (secondary N) is 2. The zero-order chi connectivity index (χ0) is 11.6. The second-order valence-corrected chi connectivity index (χ2v) is 5.58. The standard InChI is InChI=1S/C14H30N2/c1-13(2)7-5-6-10-15-11-12-16-14-8-3-4-9-14/h13-16H,3-12H2,1-2H3. The van der Waals surface area contributed by atoms with Crippen LogP contribution in [0.4, 0.5) is 0 Å². The summed E-state index contributed by atoms with van der Waals surface area (Å²) in [6.45, 7) is 8.09. The highest BCUT2D eigenvalue weighted by atomic mass is 15.0. The summed E-state index contributed by atoms with van der Waals surface area (Å²) in [6.07, 6.45) is 9.74. The van der Waals surface area contributed by atoms with Crippen molar-refractivity contribution in [2.24, 2.45) is 5.92 Å². The average Bonchev–Trinajstić information content (AvgIpc) is 2.74. The molecule has 2 heteroatoms. The molecule has 16 heavy (non-hydrogen) atoms. The van der Waals surface area contributed by atoms with E-state index in [2.05, 4.69) is 24.5 Å². The summed E-state index contributed by atoms with van der Waals surface area (Å²) in [6, 6.07) is 0.822. The van der Waals surface area contributed by atoms with Crippen molar-refractivity contribution in [2.45, 2.75) is 64.8 Å². The molecule has 1 saturated carbocycles. The van der Waals surface area contributed by atoms with Gasteiger partial charge in [-0.1, -0.05) is 39.5 Å². The van der Waals surface area contributed by atoms with Gasteiger partial charge in [-0.3, -0.25) is 0 Å². The minimum absolute atomic E-state index is 0.822. The van der Waals surface area contributed by atoms with Crippen LogP contribution in [0.15, 0.2) is 0 Å². The van der Waals surface area contributed by atoms with Crippen molar-refractivity contribution in [3.63, 3.8) is 0 Å². The maximum Gasteiger partial charge on any atom is 0.00793 e. The predicted molar refractivity (Wildman–Crippen MR) is 71.8 cm³/mol. The fourth-order valence-electron chi connectivity index (χ4n) is 2.42. The zero-order valence-electron chi connectivity index (χ0n) is 11.2. The third-order valence-electron chi connectivity index (χ3n) is 3.47. The Morgan fingerprint density at radius 2 is 1.75 bits per heavy atom. The van der Waals surface area contributed by atoms with E-state index in [1.54, 1.807) is 0 Å². The van der Waals surface area contributed by atoms with Crippen molar-refractivity contribution in [1.29, 1.82) is 0 Å². The molecule has 0 saturated heterocycles. The molecule has 1 rings (SSSR count). The molecule has 0 amide bonds. The average molecular weight is 226 g/mol. The zero-order valence-corrected chi connectivity index (χ0v) is 11.2. The van der Waals surface area contributed by atoms with Crippen molar-refractivity contribution < 1.29 is 0 Å². The smallest absolute Gasteiger partial charge is 0.00793 e. The lowest BCUT2D eigenvalue weighted by atomic mass is 10.1. The Hall–Kier alpha value is -0.0800. The molecule has 0 atom stereocenters. The molecule has 96 valence electrons. The summed E-state index contributed by atoms with van der Waals surface area (Å²) in [5.41, 5.74) is 0. The van der Waals surface area contributed by atoms with Crippen LogP contribution in [0.25, 0.3) is 0 Å². The molecule has 0 aliphatic heterocycles. The lowest BCUT2D eigenvalue weighted by Gasteiger charge is -2.12. The van der Waals surface area contributed by atoms with Crippen molar-refractivity contribution in [3.05, 3.63) is 0 Å². The van der Waals surface area contributed by atoms with E-state index in [1.807, 2.05) is 0 Å². The van der Waals surface area contributed by atoms with E-state index in [4.69, 9.17) is 0 Å². The summed E-state index contributed by atoms with van der Waals surface area (Å²) in [4.78, 5) is 0. The van der Waals surface area contributed by atoms with Gasteiger partial charge in [0.15, 0.2) is 0 Å². The maximum atomic E-state index is 3.63. The highest BCUT2D eigenvalue weighted by Gasteiger charge is 2.12. The number of unbranched alkanes of at least 4 members (excludes halogenated alkanes) is 1. The first-order chi connectivity index (χ1) is 7.79. The van der Waals surface area contributed by atoms with E-state index < -0.39 is 0 Å². The van der Waals surface area contributed by atoms with Crippen molar-refractivity contribution in [2.75, 3.05) is 19.6 Å². The largest absolute Gasteiger partial charge is 0.315 e. The maximum absolute atomic E-state index is 3.63. The summed E-state index contributed by atoms with van der Waals surface area (Å²) in [5, 5.41) is 7.15. The molecule has 0 unspecified atom stereocenters. The Morgan fingerprint density at radius 1 is 1.00 bits per heavy atom. The van der Waals surface area contributed by atoms with Crippen LogP contribution < -0.4 is 10.6 Å². The molecule has 2 nitrogen and oxygen atoms in total. The molecule has 1 aliphatic rings.